The summed E-state index contributed by atoms with van der Waals surface area (Å²) in [4.78, 5) is 16.3. The number of nitrogens with zero attached hydrogens (tertiary/aromatic N) is 1. The van der Waals surface area contributed by atoms with Crippen LogP contribution in [0.4, 0.5) is 30.2 Å². The van der Waals surface area contributed by atoms with Crippen LogP contribution in [0, 0.1) is 0 Å². The molecule has 0 aliphatic rings. The van der Waals surface area contributed by atoms with Crippen LogP contribution in [0.25, 0.3) is 0 Å². The van der Waals surface area contributed by atoms with Crippen LogP contribution < -0.4 is 10.6 Å². The van der Waals surface area contributed by atoms with Crippen molar-refractivity contribution >= 4 is 23.0 Å². The van der Waals surface area contributed by atoms with Gasteiger partial charge < -0.3 is 10.6 Å². The number of hydrogen-bond donors (Lipinski definition) is 2. The molecule has 0 saturated carbocycles. The molecular weight excluding hydrogens is 343 g/mol. The lowest BCUT2D eigenvalue weighted by molar-refractivity contribution is -0.137. The molecular formula is C19H14F3N3O. The second-order valence-corrected chi connectivity index (χ2v) is 5.48. The lowest BCUT2D eigenvalue weighted by Gasteiger charge is -2.10. The number of carbonyl (C=O) groups excluding carboxylic acids is 1. The minimum absolute atomic E-state index is 0.325. The van der Waals surface area contributed by atoms with Crippen LogP contribution >= 0.6 is 0 Å². The third-order valence-corrected chi connectivity index (χ3v) is 3.53. The first kappa shape index (κ1) is 17.5. The van der Waals surface area contributed by atoms with Crippen molar-refractivity contribution in [3.63, 3.8) is 0 Å². The molecule has 0 aliphatic heterocycles. The minimum Gasteiger partial charge on any atom is -0.354 e. The van der Waals surface area contributed by atoms with E-state index in [0.29, 0.717) is 22.6 Å². The van der Waals surface area contributed by atoms with Gasteiger partial charge in [-0.2, -0.15) is 13.2 Å². The van der Waals surface area contributed by atoms with Crippen LogP contribution in [0.5, 0.6) is 0 Å². The molecule has 2 aromatic carbocycles. The Hall–Kier alpha value is -3.35. The van der Waals surface area contributed by atoms with Gasteiger partial charge in [0.25, 0.3) is 5.91 Å². The van der Waals surface area contributed by atoms with E-state index in [4.69, 9.17) is 0 Å². The predicted octanol–water partition coefficient (Wildman–Crippen LogP) is 5.10. The molecule has 0 saturated heterocycles. The van der Waals surface area contributed by atoms with E-state index in [2.05, 4.69) is 15.6 Å². The Balaban J connectivity index is 1.72. The third kappa shape index (κ3) is 4.38. The highest BCUT2D eigenvalue weighted by Gasteiger charge is 2.29. The number of alkyl halides is 3. The van der Waals surface area contributed by atoms with E-state index >= 15 is 0 Å². The van der Waals surface area contributed by atoms with Gasteiger partial charge in [-0.15, -0.1) is 0 Å². The zero-order valence-corrected chi connectivity index (χ0v) is 13.4. The number of halogens is 3. The summed E-state index contributed by atoms with van der Waals surface area (Å²) in [6.07, 6.45) is -1.48. The summed E-state index contributed by atoms with van der Waals surface area (Å²) >= 11 is 0. The molecule has 132 valence electrons. The highest BCUT2D eigenvalue weighted by Crippen LogP contribution is 2.30. The summed E-state index contributed by atoms with van der Waals surface area (Å²) in [7, 11) is 0. The zero-order chi connectivity index (χ0) is 18.6. The first-order valence-electron chi connectivity index (χ1n) is 7.67. The first-order valence-corrected chi connectivity index (χ1v) is 7.67. The Morgan fingerprint density at radius 3 is 2.19 bits per heavy atom. The molecule has 0 fully saturated rings. The van der Waals surface area contributed by atoms with Crippen molar-refractivity contribution in [2.45, 2.75) is 6.18 Å². The van der Waals surface area contributed by atoms with Gasteiger partial charge >= 0.3 is 6.18 Å². The van der Waals surface area contributed by atoms with Gasteiger partial charge in [-0.25, -0.2) is 0 Å². The van der Waals surface area contributed by atoms with Gasteiger partial charge in [0.05, 0.1) is 23.0 Å². The van der Waals surface area contributed by atoms with Gasteiger partial charge in [0.1, 0.15) is 0 Å². The summed E-state index contributed by atoms with van der Waals surface area (Å²) in [5, 5.41) is 5.67. The van der Waals surface area contributed by atoms with E-state index in [1.807, 2.05) is 6.07 Å². The SMILES string of the molecule is O=C(Nc1ccccc1)c1cncc(Nc2ccc(C(F)(F)F)cc2)c1. The number of pyridine rings is 1. The Labute approximate surface area is 147 Å². The molecule has 7 heteroatoms. The summed E-state index contributed by atoms with van der Waals surface area (Å²) in [5.41, 5.74) is 1.20. The smallest absolute Gasteiger partial charge is 0.354 e. The van der Waals surface area contributed by atoms with Gasteiger partial charge in [-0.3, -0.25) is 9.78 Å². The maximum Gasteiger partial charge on any atom is 0.416 e. The van der Waals surface area contributed by atoms with Crippen molar-refractivity contribution in [3.05, 3.63) is 84.2 Å². The molecule has 0 unspecified atom stereocenters. The van der Waals surface area contributed by atoms with Crippen molar-refractivity contribution in [2.75, 3.05) is 10.6 Å². The van der Waals surface area contributed by atoms with E-state index in [0.717, 1.165) is 12.1 Å². The van der Waals surface area contributed by atoms with Crippen molar-refractivity contribution < 1.29 is 18.0 Å². The quantitative estimate of drug-likeness (QED) is 0.683. The highest BCUT2D eigenvalue weighted by atomic mass is 19.4. The predicted molar refractivity (Wildman–Crippen MR) is 93.4 cm³/mol. The molecule has 1 heterocycles. The minimum atomic E-state index is -4.38. The number of carbonyl (C=O) groups is 1. The number of nitrogens with one attached hydrogen (secondary N) is 2. The Morgan fingerprint density at radius 1 is 0.846 bits per heavy atom. The van der Waals surface area contributed by atoms with Gasteiger partial charge in [-0.1, -0.05) is 18.2 Å². The van der Waals surface area contributed by atoms with Crippen molar-refractivity contribution in [1.82, 2.24) is 4.98 Å². The van der Waals surface area contributed by atoms with Crippen LogP contribution in [0.3, 0.4) is 0 Å². The van der Waals surface area contributed by atoms with Gasteiger partial charge in [0.15, 0.2) is 0 Å². The molecule has 0 atom stereocenters. The topological polar surface area (TPSA) is 54.0 Å². The molecule has 4 nitrogen and oxygen atoms in total. The molecule has 0 bridgehead atoms. The summed E-state index contributed by atoms with van der Waals surface area (Å²) in [6, 6.07) is 15.1. The lowest BCUT2D eigenvalue weighted by Crippen LogP contribution is -2.12. The van der Waals surface area contributed by atoms with E-state index in [-0.39, 0.29) is 5.91 Å². The maximum absolute atomic E-state index is 12.6. The van der Waals surface area contributed by atoms with E-state index in [1.54, 1.807) is 30.3 Å². The largest absolute Gasteiger partial charge is 0.416 e. The van der Waals surface area contributed by atoms with E-state index in [1.165, 1.54) is 24.5 Å². The molecule has 2 N–H and O–H groups in total. The second-order valence-electron chi connectivity index (χ2n) is 5.48. The van der Waals surface area contributed by atoms with Crippen molar-refractivity contribution in [1.29, 1.82) is 0 Å². The van der Waals surface area contributed by atoms with Gasteiger partial charge in [0.2, 0.25) is 0 Å². The summed E-state index contributed by atoms with van der Waals surface area (Å²) in [6.45, 7) is 0. The van der Waals surface area contributed by atoms with E-state index < -0.39 is 11.7 Å². The standard InChI is InChI=1S/C19H14F3N3O/c20-19(21,22)14-6-8-16(9-7-14)24-17-10-13(11-23-12-17)18(26)25-15-4-2-1-3-5-15/h1-12,24H,(H,25,26). The fourth-order valence-corrected chi connectivity index (χ4v) is 2.27. The van der Waals surface area contributed by atoms with Crippen LogP contribution in [0.2, 0.25) is 0 Å². The summed E-state index contributed by atoms with van der Waals surface area (Å²) in [5.74, 6) is -0.334. The van der Waals surface area contributed by atoms with Crippen molar-refractivity contribution in [3.8, 4) is 0 Å². The molecule has 3 aromatic rings. The fourth-order valence-electron chi connectivity index (χ4n) is 2.27. The van der Waals surface area contributed by atoms with Crippen LogP contribution in [0.15, 0.2) is 73.1 Å². The van der Waals surface area contributed by atoms with Crippen LogP contribution in [0.1, 0.15) is 15.9 Å². The number of rotatable bonds is 4. The number of aromatic nitrogens is 1. The van der Waals surface area contributed by atoms with Crippen LogP contribution in [-0.2, 0) is 6.18 Å². The number of anilines is 3. The molecule has 1 aromatic heterocycles. The van der Waals surface area contributed by atoms with Crippen molar-refractivity contribution in [2.24, 2.45) is 0 Å². The number of benzene rings is 2. The summed E-state index contributed by atoms with van der Waals surface area (Å²) < 4.78 is 37.8. The maximum atomic E-state index is 12.6. The number of hydrogen-bond acceptors (Lipinski definition) is 3. The Kier molecular flexibility index (Phi) is 4.88. The Morgan fingerprint density at radius 2 is 1.54 bits per heavy atom. The molecule has 3 rings (SSSR count). The monoisotopic (exact) mass is 357 g/mol. The normalized spacial score (nSPS) is 11.0. The van der Waals surface area contributed by atoms with Gasteiger partial charge in [-0.05, 0) is 42.5 Å². The average Bonchev–Trinajstić information content (AvgIpc) is 2.62. The Bertz CT molecular complexity index is 894. The lowest BCUT2D eigenvalue weighted by atomic mass is 10.2. The molecule has 26 heavy (non-hydrogen) atoms. The first-order chi connectivity index (χ1) is 12.4. The second kappa shape index (κ2) is 7.26. The average molecular weight is 357 g/mol. The molecule has 0 radical (unpaired) electrons. The molecule has 1 amide bonds. The zero-order valence-electron chi connectivity index (χ0n) is 13.4. The fraction of sp³-hybridized carbons (Fsp3) is 0.0526. The number of amides is 1. The number of para-hydroxylation sites is 1. The molecule has 0 spiro atoms. The van der Waals surface area contributed by atoms with E-state index in [9.17, 15) is 18.0 Å². The third-order valence-electron chi connectivity index (χ3n) is 3.53. The molecule has 0 aliphatic carbocycles. The highest BCUT2D eigenvalue weighted by molar-refractivity contribution is 6.04. The van der Waals surface area contributed by atoms with Crippen LogP contribution in [-0.4, -0.2) is 10.9 Å². The van der Waals surface area contributed by atoms with Gasteiger partial charge in [0, 0.05) is 17.6 Å².